The van der Waals surface area contributed by atoms with Crippen molar-refractivity contribution >= 4 is 56.3 Å². The molecule has 1 unspecified atom stereocenters. The molecule has 3 aromatic rings. The monoisotopic (exact) mass is 567 g/mol. The predicted molar refractivity (Wildman–Crippen MR) is 163 cm³/mol. The number of hydrogen-bond donors (Lipinski definition) is 1. The van der Waals surface area contributed by atoms with Crippen molar-refractivity contribution in [2.75, 3.05) is 51.2 Å². The second-order valence-electron chi connectivity index (χ2n) is 11.5. The van der Waals surface area contributed by atoms with Crippen LogP contribution in [0.1, 0.15) is 60.5 Å². The number of aryl methyl sites for hydroxylation is 1. The Balaban J connectivity index is 1.41. The first-order chi connectivity index (χ1) is 18.8. The highest BCUT2D eigenvalue weighted by molar-refractivity contribution is 7.18. The number of rotatable bonds is 6. The number of allylic oxidation sites excluding steroid dienone is 1. The van der Waals surface area contributed by atoms with Crippen LogP contribution < -0.4 is 15.6 Å². The summed E-state index contributed by atoms with van der Waals surface area (Å²) in [7, 11) is 2.15. The van der Waals surface area contributed by atoms with Gasteiger partial charge in [0.2, 0.25) is 5.43 Å². The van der Waals surface area contributed by atoms with E-state index in [4.69, 9.17) is 11.6 Å². The number of carbonyl (C=O) groups is 1. The lowest BCUT2D eigenvalue weighted by atomic mass is 10.1. The molecule has 6 rings (SSSR count). The van der Waals surface area contributed by atoms with Gasteiger partial charge in [-0.15, -0.1) is 11.3 Å². The Morgan fingerprint density at radius 3 is 2.69 bits per heavy atom. The normalized spacial score (nSPS) is 20.4. The van der Waals surface area contributed by atoms with E-state index in [1.807, 2.05) is 12.1 Å². The van der Waals surface area contributed by atoms with Gasteiger partial charge in [-0.05, 0) is 77.8 Å². The number of piperazine rings is 1. The number of nitrogens with zero attached hydrogens (tertiary/aromatic N) is 4. The summed E-state index contributed by atoms with van der Waals surface area (Å²) in [6.45, 7) is 9.74. The third kappa shape index (κ3) is 4.90. The van der Waals surface area contributed by atoms with Gasteiger partial charge in [-0.1, -0.05) is 17.7 Å². The van der Waals surface area contributed by atoms with Crippen LogP contribution in [0.3, 0.4) is 0 Å². The molecule has 2 saturated heterocycles. The molecule has 0 radical (unpaired) electrons. The molecule has 3 aliphatic rings. The third-order valence-corrected chi connectivity index (χ3v) is 10.3. The highest BCUT2D eigenvalue weighted by Gasteiger charge is 2.27. The molecule has 1 amide bonds. The fourth-order valence-electron chi connectivity index (χ4n) is 6.49. The summed E-state index contributed by atoms with van der Waals surface area (Å²) in [5.74, 6) is -0.273. The van der Waals surface area contributed by atoms with Gasteiger partial charge in [0.1, 0.15) is 10.4 Å². The van der Waals surface area contributed by atoms with E-state index in [-0.39, 0.29) is 16.9 Å². The molecule has 208 valence electrons. The Labute approximate surface area is 239 Å². The minimum absolute atomic E-state index is 0.207. The summed E-state index contributed by atoms with van der Waals surface area (Å²) >= 11 is 8.45. The van der Waals surface area contributed by atoms with Crippen molar-refractivity contribution in [1.82, 2.24) is 19.5 Å². The molecule has 9 heteroatoms. The predicted octanol–water partition coefficient (Wildman–Crippen LogP) is 4.87. The van der Waals surface area contributed by atoms with Crippen molar-refractivity contribution in [2.24, 2.45) is 0 Å². The molecule has 0 spiro atoms. The van der Waals surface area contributed by atoms with E-state index < -0.39 is 0 Å². The van der Waals surface area contributed by atoms with Crippen LogP contribution in [0.5, 0.6) is 0 Å². The van der Waals surface area contributed by atoms with Crippen LogP contribution >= 0.6 is 22.9 Å². The molecule has 1 aromatic carbocycles. The first-order valence-electron chi connectivity index (χ1n) is 14.3. The molecule has 0 bridgehead atoms. The fraction of sp³-hybridized carbons (Fsp3) is 0.533. The number of carbonyl (C=O) groups excluding carboxylic acids is 1. The van der Waals surface area contributed by atoms with E-state index in [9.17, 15) is 9.59 Å². The van der Waals surface area contributed by atoms with Crippen molar-refractivity contribution in [2.45, 2.75) is 58.0 Å². The number of anilines is 1. The van der Waals surface area contributed by atoms with Gasteiger partial charge in [-0.2, -0.15) is 0 Å². The van der Waals surface area contributed by atoms with Gasteiger partial charge in [0.25, 0.3) is 5.91 Å². The zero-order chi connectivity index (χ0) is 27.3. The number of aromatic nitrogens is 1. The number of amides is 1. The number of hydrogen-bond acceptors (Lipinski definition) is 6. The maximum atomic E-state index is 14.1. The van der Waals surface area contributed by atoms with E-state index in [0.717, 1.165) is 80.2 Å². The number of fused-ring (bicyclic) bond motifs is 5. The SMILES string of the molecule is CC(C)N1CCN(c2cc3c(=O)c(C(=O)NCCC4CCCN4C)c4sc5c(n4c3cc2Cl)CCC=C5)CC1. The highest BCUT2D eigenvalue weighted by atomic mass is 35.5. The Morgan fingerprint density at radius 1 is 1.18 bits per heavy atom. The van der Waals surface area contributed by atoms with E-state index >= 15 is 0 Å². The second kappa shape index (κ2) is 10.9. The van der Waals surface area contributed by atoms with Crippen molar-refractivity contribution in [3.05, 3.63) is 49.6 Å². The van der Waals surface area contributed by atoms with E-state index in [1.165, 1.54) is 17.8 Å². The standard InChI is InChI=1S/C30H38ClN5O2S/c1-19(2)34-13-15-35(16-14-34)25-17-21-24(18-22(25)31)36-23-8-4-5-9-26(23)39-30(36)27(28(21)37)29(38)32-11-10-20-7-6-12-33(20)3/h5,9,17-20H,4,6-8,10-16H2,1-3H3,(H,32,38). The largest absolute Gasteiger partial charge is 0.368 e. The molecule has 7 nitrogen and oxygen atoms in total. The maximum absolute atomic E-state index is 14.1. The summed E-state index contributed by atoms with van der Waals surface area (Å²) in [4.78, 5) is 36.7. The Kier molecular flexibility index (Phi) is 7.48. The summed E-state index contributed by atoms with van der Waals surface area (Å²) < 4.78 is 2.13. The van der Waals surface area contributed by atoms with Crippen molar-refractivity contribution in [3.63, 3.8) is 0 Å². The van der Waals surface area contributed by atoms with E-state index in [1.54, 1.807) is 0 Å². The number of likely N-dealkylation sites (tertiary alicyclic amines) is 1. The Hall–Kier alpha value is -2.39. The average molecular weight is 568 g/mol. The first kappa shape index (κ1) is 26.8. The first-order valence-corrected chi connectivity index (χ1v) is 15.5. The van der Waals surface area contributed by atoms with Crippen LogP contribution in [-0.4, -0.2) is 78.5 Å². The van der Waals surface area contributed by atoms with Crippen molar-refractivity contribution in [1.29, 1.82) is 0 Å². The molecule has 2 aliphatic heterocycles. The van der Waals surface area contributed by atoms with Crippen LogP contribution in [0.25, 0.3) is 21.8 Å². The second-order valence-corrected chi connectivity index (χ2v) is 12.9. The quantitative estimate of drug-likeness (QED) is 0.460. The van der Waals surface area contributed by atoms with Crippen LogP contribution in [-0.2, 0) is 6.42 Å². The lowest BCUT2D eigenvalue weighted by Gasteiger charge is -2.38. The zero-order valence-electron chi connectivity index (χ0n) is 23.1. The minimum Gasteiger partial charge on any atom is -0.368 e. The molecule has 1 atom stereocenters. The van der Waals surface area contributed by atoms with Gasteiger partial charge >= 0.3 is 0 Å². The minimum atomic E-state index is -0.273. The molecule has 2 aromatic heterocycles. The van der Waals surface area contributed by atoms with Crippen molar-refractivity contribution in [3.8, 4) is 0 Å². The Morgan fingerprint density at radius 2 is 1.97 bits per heavy atom. The molecular formula is C30H38ClN5O2S. The topological polar surface area (TPSA) is 60.3 Å². The van der Waals surface area contributed by atoms with Crippen LogP contribution in [0, 0.1) is 0 Å². The summed E-state index contributed by atoms with van der Waals surface area (Å²) in [5, 5.41) is 4.31. The van der Waals surface area contributed by atoms with Crippen LogP contribution in [0.2, 0.25) is 5.02 Å². The number of thiazole rings is 1. The van der Waals surface area contributed by atoms with E-state index in [2.05, 4.69) is 57.5 Å². The summed E-state index contributed by atoms with van der Waals surface area (Å²) in [6.07, 6.45) is 9.35. The highest BCUT2D eigenvalue weighted by Crippen LogP contribution is 2.37. The Bertz CT molecular complexity index is 1500. The van der Waals surface area contributed by atoms with Gasteiger partial charge in [0.05, 0.1) is 16.2 Å². The molecule has 1 aliphatic carbocycles. The van der Waals surface area contributed by atoms with E-state index in [0.29, 0.717) is 33.9 Å². The maximum Gasteiger partial charge on any atom is 0.258 e. The third-order valence-electron chi connectivity index (χ3n) is 8.82. The van der Waals surface area contributed by atoms with Crippen LogP contribution in [0.15, 0.2) is 23.0 Å². The van der Waals surface area contributed by atoms with Gasteiger partial charge in [0, 0.05) is 60.8 Å². The molecule has 39 heavy (non-hydrogen) atoms. The smallest absolute Gasteiger partial charge is 0.258 e. The number of halogens is 1. The van der Waals surface area contributed by atoms with Gasteiger partial charge in [-0.3, -0.25) is 14.5 Å². The number of benzene rings is 1. The van der Waals surface area contributed by atoms with Crippen molar-refractivity contribution < 1.29 is 4.79 Å². The van der Waals surface area contributed by atoms with Crippen LogP contribution in [0.4, 0.5) is 5.69 Å². The molecule has 4 heterocycles. The molecule has 1 N–H and O–H groups in total. The molecule has 2 fully saturated rings. The number of pyridine rings is 1. The van der Waals surface area contributed by atoms with Gasteiger partial charge < -0.3 is 19.5 Å². The fourth-order valence-corrected chi connectivity index (χ4v) is 8.04. The summed E-state index contributed by atoms with van der Waals surface area (Å²) in [5.41, 5.74) is 2.87. The van der Waals surface area contributed by atoms with Gasteiger partial charge in [-0.25, -0.2) is 0 Å². The summed E-state index contributed by atoms with van der Waals surface area (Å²) in [6, 6.07) is 4.87. The average Bonchev–Trinajstić information content (AvgIpc) is 3.51. The zero-order valence-corrected chi connectivity index (χ0v) is 24.7. The number of nitrogens with one attached hydrogen (secondary N) is 1. The molecular weight excluding hydrogens is 530 g/mol. The lowest BCUT2D eigenvalue weighted by Crippen LogP contribution is -2.49. The lowest BCUT2D eigenvalue weighted by molar-refractivity contribution is 0.0951. The van der Waals surface area contributed by atoms with Gasteiger partial charge in [0.15, 0.2) is 0 Å². The molecule has 0 saturated carbocycles.